The molecule has 1 aromatic heterocycles. The number of benzene rings is 2. The molecule has 3 aromatic rings. The first-order valence-corrected chi connectivity index (χ1v) is 12.3. The van der Waals surface area contributed by atoms with Gasteiger partial charge in [-0.2, -0.15) is 9.40 Å². The van der Waals surface area contributed by atoms with Gasteiger partial charge < -0.3 is 5.32 Å². The molecule has 0 spiro atoms. The lowest BCUT2D eigenvalue weighted by molar-refractivity contribution is 0.102. The first-order valence-electron chi connectivity index (χ1n) is 10.9. The summed E-state index contributed by atoms with van der Waals surface area (Å²) in [6.07, 6.45) is 3.82. The molecular weight excluding hydrogens is 424 g/mol. The largest absolute Gasteiger partial charge is 0.319 e. The SMILES string of the molecule is Cc1nn(-c2ccccc2)c(C)c1NC(=O)c1cccc(S(=O)(=O)N2CCCCCC2)c1. The second-order valence-electron chi connectivity index (χ2n) is 8.09. The Kier molecular flexibility index (Phi) is 6.43. The normalized spacial score (nSPS) is 15.3. The van der Waals surface area contributed by atoms with Crippen LogP contribution in [0.2, 0.25) is 0 Å². The van der Waals surface area contributed by atoms with Gasteiger partial charge in [0.05, 0.1) is 27.7 Å². The van der Waals surface area contributed by atoms with E-state index in [0.29, 0.717) is 30.0 Å². The van der Waals surface area contributed by atoms with Crippen LogP contribution in [0.4, 0.5) is 5.69 Å². The summed E-state index contributed by atoms with van der Waals surface area (Å²) in [6.45, 7) is 4.77. The molecular formula is C24H28N4O3S. The molecule has 32 heavy (non-hydrogen) atoms. The summed E-state index contributed by atoms with van der Waals surface area (Å²) in [5, 5.41) is 7.48. The molecule has 8 heteroatoms. The Labute approximate surface area is 189 Å². The molecule has 0 bridgehead atoms. The van der Waals surface area contributed by atoms with E-state index in [1.807, 2.05) is 44.2 Å². The molecule has 2 aromatic carbocycles. The number of para-hydroxylation sites is 1. The minimum absolute atomic E-state index is 0.153. The predicted molar refractivity (Wildman–Crippen MR) is 125 cm³/mol. The van der Waals surface area contributed by atoms with Crippen molar-refractivity contribution in [2.75, 3.05) is 18.4 Å². The number of hydrogen-bond acceptors (Lipinski definition) is 4. The van der Waals surface area contributed by atoms with Crippen LogP contribution in [0.25, 0.3) is 5.69 Å². The molecule has 2 heterocycles. The molecule has 1 N–H and O–H groups in total. The van der Waals surface area contributed by atoms with Crippen LogP contribution in [-0.2, 0) is 10.0 Å². The fourth-order valence-corrected chi connectivity index (χ4v) is 5.62. The number of aromatic nitrogens is 2. The summed E-state index contributed by atoms with van der Waals surface area (Å²) in [5.74, 6) is -0.364. The number of nitrogens with one attached hydrogen (secondary N) is 1. The Balaban J connectivity index is 1.58. The monoisotopic (exact) mass is 452 g/mol. The molecule has 0 aliphatic carbocycles. The Morgan fingerprint density at radius 2 is 1.62 bits per heavy atom. The van der Waals surface area contributed by atoms with Crippen molar-refractivity contribution in [2.24, 2.45) is 0 Å². The van der Waals surface area contributed by atoms with Gasteiger partial charge in [-0.25, -0.2) is 13.1 Å². The van der Waals surface area contributed by atoms with Gasteiger partial charge in [-0.1, -0.05) is 37.1 Å². The van der Waals surface area contributed by atoms with E-state index in [1.165, 1.54) is 10.4 Å². The number of carbonyl (C=O) groups excluding carboxylic acids is 1. The van der Waals surface area contributed by atoms with Crippen molar-refractivity contribution < 1.29 is 13.2 Å². The maximum Gasteiger partial charge on any atom is 0.255 e. The molecule has 1 fully saturated rings. The van der Waals surface area contributed by atoms with Crippen LogP contribution < -0.4 is 5.32 Å². The van der Waals surface area contributed by atoms with Gasteiger partial charge in [0.25, 0.3) is 5.91 Å². The average Bonchev–Trinajstić information content (AvgIpc) is 2.99. The van der Waals surface area contributed by atoms with E-state index < -0.39 is 10.0 Å². The van der Waals surface area contributed by atoms with Crippen LogP contribution >= 0.6 is 0 Å². The van der Waals surface area contributed by atoms with E-state index >= 15 is 0 Å². The molecule has 4 rings (SSSR count). The van der Waals surface area contributed by atoms with Crippen molar-refractivity contribution in [1.82, 2.24) is 14.1 Å². The van der Waals surface area contributed by atoms with Gasteiger partial charge in [0, 0.05) is 18.7 Å². The topological polar surface area (TPSA) is 84.3 Å². The predicted octanol–water partition coefficient (Wildman–Crippen LogP) is 4.31. The highest BCUT2D eigenvalue weighted by atomic mass is 32.2. The number of sulfonamides is 1. The molecule has 1 aliphatic heterocycles. The van der Waals surface area contributed by atoms with Crippen molar-refractivity contribution in [1.29, 1.82) is 0 Å². The van der Waals surface area contributed by atoms with Crippen LogP contribution in [0.15, 0.2) is 59.5 Å². The van der Waals surface area contributed by atoms with Crippen molar-refractivity contribution in [3.8, 4) is 5.69 Å². The lowest BCUT2D eigenvalue weighted by atomic mass is 10.2. The molecule has 0 saturated carbocycles. The van der Waals surface area contributed by atoms with Gasteiger partial charge in [-0.05, 0) is 57.0 Å². The fourth-order valence-electron chi connectivity index (χ4n) is 4.06. The second kappa shape index (κ2) is 9.26. The smallest absolute Gasteiger partial charge is 0.255 e. The van der Waals surface area contributed by atoms with E-state index in [2.05, 4.69) is 10.4 Å². The molecule has 0 radical (unpaired) electrons. The Hall–Kier alpha value is -2.97. The van der Waals surface area contributed by atoms with Gasteiger partial charge in [0.1, 0.15) is 0 Å². The van der Waals surface area contributed by atoms with Gasteiger partial charge >= 0.3 is 0 Å². The number of hydrogen-bond donors (Lipinski definition) is 1. The van der Waals surface area contributed by atoms with Crippen molar-refractivity contribution >= 4 is 21.6 Å². The summed E-state index contributed by atoms with van der Waals surface area (Å²) in [4.78, 5) is 13.2. The number of anilines is 1. The average molecular weight is 453 g/mol. The summed E-state index contributed by atoms with van der Waals surface area (Å²) in [5.41, 5.74) is 3.31. The molecule has 0 atom stereocenters. The number of aryl methyl sites for hydroxylation is 1. The number of amides is 1. The minimum atomic E-state index is -3.63. The quantitative estimate of drug-likeness (QED) is 0.625. The number of carbonyl (C=O) groups is 1. The van der Waals surface area contributed by atoms with Gasteiger partial charge in [-0.15, -0.1) is 0 Å². The highest BCUT2D eigenvalue weighted by Crippen LogP contribution is 2.25. The third-order valence-corrected chi connectivity index (χ3v) is 7.72. The van der Waals surface area contributed by atoms with E-state index in [4.69, 9.17) is 0 Å². The van der Waals surface area contributed by atoms with E-state index in [0.717, 1.165) is 37.1 Å². The zero-order valence-electron chi connectivity index (χ0n) is 18.4. The fraction of sp³-hybridized carbons (Fsp3) is 0.333. The van der Waals surface area contributed by atoms with Crippen molar-refractivity contribution in [3.05, 3.63) is 71.5 Å². The van der Waals surface area contributed by atoms with Crippen molar-refractivity contribution in [2.45, 2.75) is 44.4 Å². The van der Waals surface area contributed by atoms with Gasteiger partial charge in [0.2, 0.25) is 10.0 Å². The Bertz CT molecular complexity index is 1210. The van der Waals surface area contributed by atoms with E-state index in [1.54, 1.807) is 22.9 Å². The summed E-state index contributed by atoms with van der Waals surface area (Å²) in [7, 11) is -3.63. The maximum atomic E-state index is 13.1. The third kappa shape index (κ3) is 4.47. The highest BCUT2D eigenvalue weighted by molar-refractivity contribution is 7.89. The zero-order chi connectivity index (χ0) is 22.7. The summed E-state index contributed by atoms with van der Waals surface area (Å²) in [6, 6.07) is 16.0. The molecule has 1 aliphatic rings. The minimum Gasteiger partial charge on any atom is -0.319 e. The van der Waals surface area contributed by atoms with Crippen LogP contribution in [0.1, 0.15) is 47.4 Å². The Morgan fingerprint density at radius 1 is 0.938 bits per heavy atom. The standard InChI is InChI=1S/C24H28N4O3S/c1-18-23(19(2)28(26-18)21-12-6-5-7-13-21)25-24(29)20-11-10-14-22(17-20)32(30,31)27-15-8-3-4-9-16-27/h5-7,10-14,17H,3-4,8-9,15-16H2,1-2H3,(H,25,29). The first kappa shape index (κ1) is 22.2. The van der Waals surface area contributed by atoms with E-state index in [-0.39, 0.29) is 10.8 Å². The van der Waals surface area contributed by atoms with Crippen LogP contribution in [-0.4, -0.2) is 41.5 Å². The van der Waals surface area contributed by atoms with Crippen LogP contribution in [0, 0.1) is 13.8 Å². The Morgan fingerprint density at radius 3 is 2.31 bits per heavy atom. The zero-order valence-corrected chi connectivity index (χ0v) is 19.2. The first-order chi connectivity index (χ1) is 15.4. The third-order valence-electron chi connectivity index (χ3n) is 5.83. The summed E-state index contributed by atoms with van der Waals surface area (Å²) >= 11 is 0. The lowest BCUT2D eigenvalue weighted by Gasteiger charge is -2.20. The maximum absolute atomic E-state index is 13.1. The van der Waals surface area contributed by atoms with Crippen molar-refractivity contribution in [3.63, 3.8) is 0 Å². The summed E-state index contributed by atoms with van der Waals surface area (Å²) < 4.78 is 29.6. The molecule has 7 nitrogen and oxygen atoms in total. The molecule has 0 unspecified atom stereocenters. The molecule has 1 amide bonds. The van der Waals surface area contributed by atoms with E-state index in [9.17, 15) is 13.2 Å². The molecule has 1 saturated heterocycles. The highest BCUT2D eigenvalue weighted by Gasteiger charge is 2.26. The number of rotatable bonds is 5. The van der Waals surface area contributed by atoms with Crippen LogP contribution in [0.5, 0.6) is 0 Å². The molecule has 168 valence electrons. The number of nitrogens with zero attached hydrogens (tertiary/aromatic N) is 3. The van der Waals surface area contributed by atoms with Gasteiger partial charge in [-0.3, -0.25) is 4.79 Å². The second-order valence-corrected chi connectivity index (χ2v) is 10.0. The lowest BCUT2D eigenvalue weighted by Crippen LogP contribution is -2.32. The van der Waals surface area contributed by atoms with Crippen LogP contribution in [0.3, 0.4) is 0 Å². The van der Waals surface area contributed by atoms with Gasteiger partial charge in [0.15, 0.2) is 0 Å².